The van der Waals surface area contributed by atoms with Crippen LogP contribution in [0, 0.1) is 19.8 Å². The van der Waals surface area contributed by atoms with Crippen LogP contribution < -0.4 is 4.74 Å². The van der Waals surface area contributed by atoms with Gasteiger partial charge in [-0.1, -0.05) is 73.5 Å². The van der Waals surface area contributed by atoms with Gasteiger partial charge in [0.2, 0.25) is 0 Å². The number of aryl methyl sites for hydroxylation is 2. The van der Waals surface area contributed by atoms with Crippen LogP contribution in [-0.4, -0.2) is 20.9 Å². The molecule has 0 unspecified atom stereocenters. The normalized spacial score (nSPS) is 11.4. The van der Waals surface area contributed by atoms with Crippen molar-refractivity contribution in [3.05, 3.63) is 110 Å². The van der Waals surface area contributed by atoms with Gasteiger partial charge in [0.1, 0.15) is 18.0 Å². The predicted molar refractivity (Wildman–Crippen MR) is 155 cm³/mol. The number of halogens is 2. The van der Waals surface area contributed by atoms with E-state index in [0.29, 0.717) is 28.3 Å². The molecule has 0 aliphatic carbocycles. The summed E-state index contributed by atoms with van der Waals surface area (Å²) in [5.74, 6) is 0.234. The number of carboxylic acid groups (broad SMARTS) is 1. The molecule has 196 valence electrons. The van der Waals surface area contributed by atoms with Gasteiger partial charge in [0, 0.05) is 5.56 Å². The molecule has 3 aromatic carbocycles. The monoisotopic (exact) mass is 548 g/mol. The maximum atomic E-state index is 11.2. The maximum absolute atomic E-state index is 11.2. The Balaban J connectivity index is 1.59. The van der Waals surface area contributed by atoms with E-state index in [1.807, 2.05) is 61.0 Å². The number of aromatic nitrogens is 2. The smallest absolute Gasteiger partial charge is 0.335 e. The van der Waals surface area contributed by atoms with Crippen molar-refractivity contribution in [2.45, 2.75) is 40.7 Å². The second kappa shape index (κ2) is 11.9. The molecule has 7 heteroatoms. The average Bonchev–Trinajstić information content (AvgIpc) is 3.16. The minimum atomic E-state index is -0.942. The number of carboxylic acids is 1. The van der Waals surface area contributed by atoms with E-state index in [4.69, 9.17) is 33.0 Å². The van der Waals surface area contributed by atoms with Crippen molar-refractivity contribution in [3.8, 4) is 11.4 Å². The summed E-state index contributed by atoms with van der Waals surface area (Å²) in [6, 6.07) is 18.2. The lowest BCUT2D eigenvalue weighted by Gasteiger charge is -2.15. The topological polar surface area (TPSA) is 64.4 Å². The zero-order chi connectivity index (χ0) is 27.4. The Hall–Kier alpha value is -3.54. The van der Waals surface area contributed by atoms with Gasteiger partial charge in [-0.15, -0.1) is 0 Å². The first-order chi connectivity index (χ1) is 18.1. The van der Waals surface area contributed by atoms with E-state index in [9.17, 15) is 9.90 Å². The third kappa shape index (κ3) is 6.29. The molecule has 1 heterocycles. The molecule has 5 nitrogen and oxygen atoms in total. The Bertz CT molecular complexity index is 1480. The van der Waals surface area contributed by atoms with E-state index in [1.54, 1.807) is 30.3 Å². The molecule has 0 bridgehead atoms. The molecule has 0 atom stereocenters. The molecule has 38 heavy (non-hydrogen) atoms. The summed E-state index contributed by atoms with van der Waals surface area (Å²) in [7, 11) is 0. The molecule has 0 saturated heterocycles. The highest BCUT2D eigenvalue weighted by molar-refractivity contribution is 6.37. The van der Waals surface area contributed by atoms with Crippen molar-refractivity contribution in [2.75, 3.05) is 0 Å². The van der Waals surface area contributed by atoms with Gasteiger partial charge in [-0.05, 0) is 79.3 Å². The Morgan fingerprint density at radius 3 is 2.39 bits per heavy atom. The SMILES string of the molecule is Cc1cc(OCc2c(CC(C)C)c(C)nn2-c2c(Cl)cccc2Cl)ccc1C=Cc1cccc(C(=O)O)c1. The fraction of sp³-hybridized carbons (Fsp3) is 0.226. The Morgan fingerprint density at radius 1 is 1.03 bits per heavy atom. The minimum Gasteiger partial charge on any atom is -0.487 e. The lowest BCUT2D eigenvalue weighted by molar-refractivity contribution is 0.0697. The number of ether oxygens (including phenoxy) is 1. The second-order valence-corrected chi connectivity index (χ2v) is 10.5. The average molecular weight is 549 g/mol. The van der Waals surface area contributed by atoms with Gasteiger partial charge in [0.15, 0.2) is 0 Å². The highest BCUT2D eigenvalue weighted by Gasteiger charge is 2.21. The van der Waals surface area contributed by atoms with Crippen LogP contribution in [0.4, 0.5) is 0 Å². The Morgan fingerprint density at radius 2 is 1.74 bits per heavy atom. The minimum absolute atomic E-state index is 0.261. The molecule has 0 fully saturated rings. The van der Waals surface area contributed by atoms with E-state index in [0.717, 1.165) is 45.8 Å². The van der Waals surface area contributed by atoms with E-state index >= 15 is 0 Å². The van der Waals surface area contributed by atoms with E-state index < -0.39 is 5.97 Å². The predicted octanol–water partition coefficient (Wildman–Crippen LogP) is 8.44. The zero-order valence-electron chi connectivity index (χ0n) is 21.8. The van der Waals surface area contributed by atoms with Crippen LogP contribution in [0.5, 0.6) is 5.75 Å². The Kier molecular flexibility index (Phi) is 8.60. The van der Waals surface area contributed by atoms with Crippen LogP contribution in [0.25, 0.3) is 17.8 Å². The number of hydrogen-bond acceptors (Lipinski definition) is 3. The molecule has 0 aliphatic heterocycles. The van der Waals surface area contributed by atoms with E-state index in [1.165, 1.54) is 0 Å². The second-order valence-electron chi connectivity index (χ2n) is 9.66. The summed E-state index contributed by atoms with van der Waals surface area (Å²) in [5, 5.41) is 15.1. The van der Waals surface area contributed by atoms with Crippen LogP contribution in [0.1, 0.15) is 57.8 Å². The lowest BCUT2D eigenvalue weighted by atomic mass is 10.0. The van der Waals surface area contributed by atoms with Crippen molar-refractivity contribution in [2.24, 2.45) is 5.92 Å². The fourth-order valence-corrected chi connectivity index (χ4v) is 4.90. The number of rotatable bonds is 9. The zero-order valence-corrected chi connectivity index (χ0v) is 23.3. The molecule has 0 spiro atoms. The standard InChI is InChI=1S/C31H30Cl2N2O3/c1-19(2)15-26-21(4)34-35(30-27(32)9-6-10-28(30)33)29(26)18-38-25-14-13-23(20(3)16-25)12-11-22-7-5-8-24(17-22)31(36)37/h5-14,16-17,19H,15,18H2,1-4H3,(H,36,37). The molecule has 1 N–H and O–H groups in total. The van der Waals surface area contributed by atoms with Gasteiger partial charge in [-0.3, -0.25) is 0 Å². The van der Waals surface area contributed by atoms with Gasteiger partial charge in [0.25, 0.3) is 0 Å². The van der Waals surface area contributed by atoms with Crippen LogP contribution in [0.2, 0.25) is 10.0 Å². The van der Waals surface area contributed by atoms with Crippen molar-refractivity contribution in [1.82, 2.24) is 9.78 Å². The molecule has 4 aromatic rings. The first-order valence-corrected chi connectivity index (χ1v) is 13.2. The number of carbonyl (C=O) groups is 1. The first-order valence-electron chi connectivity index (χ1n) is 12.4. The van der Waals surface area contributed by atoms with E-state index in [-0.39, 0.29) is 5.56 Å². The van der Waals surface area contributed by atoms with Gasteiger partial charge in [0.05, 0.1) is 27.0 Å². The third-order valence-corrected chi connectivity index (χ3v) is 6.87. The van der Waals surface area contributed by atoms with Crippen molar-refractivity contribution < 1.29 is 14.6 Å². The summed E-state index contributed by atoms with van der Waals surface area (Å²) >= 11 is 13.1. The summed E-state index contributed by atoms with van der Waals surface area (Å²) in [5.41, 5.74) is 6.77. The summed E-state index contributed by atoms with van der Waals surface area (Å²) in [4.78, 5) is 11.2. The lowest BCUT2D eigenvalue weighted by Crippen LogP contribution is -2.10. The first kappa shape index (κ1) is 27.5. The van der Waals surface area contributed by atoms with Gasteiger partial charge >= 0.3 is 5.97 Å². The molecule has 0 saturated carbocycles. The number of hydrogen-bond donors (Lipinski definition) is 1. The van der Waals surface area contributed by atoms with Crippen LogP contribution in [0.15, 0.2) is 60.7 Å². The highest BCUT2D eigenvalue weighted by atomic mass is 35.5. The van der Waals surface area contributed by atoms with Crippen molar-refractivity contribution in [1.29, 1.82) is 0 Å². The van der Waals surface area contributed by atoms with Crippen molar-refractivity contribution >= 4 is 41.3 Å². The van der Waals surface area contributed by atoms with Crippen LogP contribution in [0.3, 0.4) is 0 Å². The van der Waals surface area contributed by atoms with Gasteiger partial charge < -0.3 is 9.84 Å². The van der Waals surface area contributed by atoms with Gasteiger partial charge in [-0.2, -0.15) is 5.10 Å². The van der Waals surface area contributed by atoms with Crippen LogP contribution in [-0.2, 0) is 13.0 Å². The summed E-state index contributed by atoms with van der Waals surface area (Å²) in [6.45, 7) is 8.68. The number of para-hydroxylation sites is 1. The number of aromatic carboxylic acids is 1. The van der Waals surface area contributed by atoms with Gasteiger partial charge in [-0.25, -0.2) is 9.48 Å². The summed E-state index contributed by atoms with van der Waals surface area (Å²) in [6.07, 6.45) is 4.74. The quantitative estimate of drug-likeness (QED) is 0.213. The van der Waals surface area contributed by atoms with Crippen molar-refractivity contribution in [3.63, 3.8) is 0 Å². The molecule has 0 aliphatic rings. The fourth-order valence-electron chi connectivity index (χ4n) is 4.34. The Labute approximate surface area is 233 Å². The van der Waals surface area contributed by atoms with E-state index in [2.05, 4.69) is 13.8 Å². The maximum Gasteiger partial charge on any atom is 0.335 e. The van der Waals surface area contributed by atoms with Crippen LogP contribution >= 0.6 is 23.2 Å². The molecule has 0 amide bonds. The molecule has 1 aromatic heterocycles. The number of benzene rings is 3. The highest BCUT2D eigenvalue weighted by Crippen LogP contribution is 2.32. The third-order valence-electron chi connectivity index (χ3n) is 6.26. The molecular weight excluding hydrogens is 519 g/mol. The molecule has 4 rings (SSSR count). The molecule has 0 radical (unpaired) electrons. The number of nitrogens with zero attached hydrogens (tertiary/aromatic N) is 2. The summed E-state index contributed by atoms with van der Waals surface area (Å²) < 4.78 is 8.09. The molecular formula is C31H30Cl2N2O3. The largest absolute Gasteiger partial charge is 0.487 e.